The van der Waals surface area contributed by atoms with E-state index in [-0.39, 0.29) is 4.90 Å². The van der Waals surface area contributed by atoms with Gasteiger partial charge in [-0.1, -0.05) is 0 Å². The summed E-state index contributed by atoms with van der Waals surface area (Å²) in [5.41, 5.74) is 0. The van der Waals surface area contributed by atoms with E-state index < -0.39 is 27.9 Å². The zero-order chi connectivity index (χ0) is 16.0. The molecule has 0 bridgehead atoms. The average Bonchev–Trinajstić information content (AvgIpc) is 2.38. The minimum Gasteiger partial charge on any atom is -0.494 e. The van der Waals surface area contributed by atoms with Gasteiger partial charge in [0.2, 0.25) is 5.91 Å². The van der Waals surface area contributed by atoms with Crippen LogP contribution in [-0.4, -0.2) is 32.9 Å². The molecule has 1 rings (SSSR count). The number of rotatable bonds is 6. The van der Waals surface area contributed by atoms with Crippen LogP contribution in [0, 0.1) is 0 Å². The van der Waals surface area contributed by atoms with E-state index in [1.165, 1.54) is 38.1 Å². The Bertz CT molecular complexity index is 610. The van der Waals surface area contributed by atoms with E-state index >= 15 is 0 Å². The van der Waals surface area contributed by atoms with E-state index in [9.17, 15) is 18.0 Å². The predicted molar refractivity (Wildman–Crippen MR) is 76.2 cm³/mol. The van der Waals surface area contributed by atoms with Crippen molar-refractivity contribution in [3.63, 3.8) is 0 Å². The van der Waals surface area contributed by atoms with Gasteiger partial charge in [-0.3, -0.25) is 9.59 Å². The maximum Gasteiger partial charge on any atom is 0.264 e. The fourth-order valence-corrected chi connectivity index (χ4v) is 2.59. The number of sulfonamides is 1. The smallest absolute Gasteiger partial charge is 0.264 e. The van der Waals surface area contributed by atoms with Crippen LogP contribution in [0.1, 0.15) is 20.8 Å². The lowest BCUT2D eigenvalue weighted by Gasteiger charge is -2.13. The number of carbonyl (C=O) groups excluding carboxylic acids is 2. The second-order valence-corrected chi connectivity index (χ2v) is 5.98. The van der Waals surface area contributed by atoms with Gasteiger partial charge in [0.25, 0.3) is 15.9 Å². The summed E-state index contributed by atoms with van der Waals surface area (Å²) in [6.45, 7) is 4.92. The molecule has 0 fully saturated rings. The van der Waals surface area contributed by atoms with E-state index in [1.54, 1.807) is 0 Å². The summed E-state index contributed by atoms with van der Waals surface area (Å²) in [6, 6.07) is 4.73. The maximum absolute atomic E-state index is 12.0. The minimum atomic E-state index is -3.98. The summed E-state index contributed by atoms with van der Waals surface area (Å²) in [4.78, 5) is 22.5. The summed E-state index contributed by atoms with van der Waals surface area (Å²) < 4.78 is 31.1. The summed E-state index contributed by atoms with van der Waals surface area (Å²) in [5, 5.41) is 2.31. The van der Waals surface area contributed by atoms with E-state index in [0.29, 0.717) is 12.4 Å². The number of ether oxygens (including phenoxy) is 1. The molecule has 0 aliphatic heterocycles. The van der Waals surface area contributed by atoms with Gasteiger partial charge in [0.15, 0.2) is 0 Å². The molecule has 0 aromatic heterocycles. The van der Waals surface area contributed by atoms with Gasteiger partial charge in [-0.05, 0) is 38.1 Å². The third kappa shape index (κ3) is 5.07. The molecule has 0 saturated carbocycles. The molecule has 0 radical (unpaired) electrons. The highest BCUT2D eigenvalue weighted by Gasteiger charge is 2.22. The van der Waals surface area contributed by atoms with E-state index in [0.717, 1.165) is 0 Å². The Balaban J connectivity index is 2.81. The lowest BCUT2D eigenvalue weighted by atomic mass is 10.3. The minimum absolute atomic E-state index is 0.0608. The standard InChI is InChI=1S/C13H18N2O5S/c1-4-20-11-5-7-12(8-6-11)21(18,19)15-13(17)9(2)14-10(3)16/h5-9H,4H2,1-3H3,(H,14,16)(H,15,17)/t9-/m0/s1. The third-order valence-electron chi connectivity index (χ3n) is 2.49. The lowest BCUT2D eigenvalue weighted by Crippen LogP contribution is -2.45. The van der Waals surface area contributed by atoms with Crippen LogP contribution in [0.25, 0.3) is 0 Å². The van der Waals surface area contributed by atoms with Gasteiger partial charge in [0.05, 0.1) is 11.5 Å². The zero-order valence-electron chi connectivity index (χ0n) is 12.0. The Morgan fingerprint density at radius 3 is 2.29 bits per heavy atom. The molecule has 7 nitrogen and oxygen atoms in total. The van der Waals surface area contributed by atoms with Crippen LogP contribution in [-0.2, 0) is 19.6 Å². The molecule has 0 heterocycles. The second-order valence-electron chi connectivity index (χ2n) is 4.30. The van der Waals surface area contributed by atoms with Crippen molar-refractivity contribution < 1.29 is 22.7 Å². The van der Waals surface area contributed by atoms with Crippen molar-refractivity contribution in [3.05, 3.63) is 24.3 Å². The number of nitrogens with one attached hydrogen (secondary N) is 2. The Morgan fingerprint density at radius 2 is 1.81 bits per heavy atom. The molecule has 8 heteroatoms. The molecule has 0 aliphatic carbocycles. The SMILES string of the molecule is CCOc1ccc(S(=O)(=O)NC(=O)[C@H](C)NC(C)=O)cc1. The fourth-order valence-electron chi connectivity index (χ4n) is 1.53. The first-order valence-corrected chi connectivity index (χ1v) is 7.81. The van der Waals surface area contributed by atoms with Gasteiger partial charge in [0, 0.05) is 6.92 Å². The molecule has 21 heavy (non-hydrogen) atoms. The molecule has 0 spiro atoms. The maximum atomic E-state index is 12.0. The van der Waals surface area contributed by atoms with Crippen LogP contribution < -0.4 is 14.8 Å². The monoisotopic (exact) mass is 314 g/mol. The highest BCUT2D eigenvalue weighted by molar-refractivity contribution is 7.90. The lowest BCUT2D eigenvalue weighted by molar-refractivity contribution is -0.126. The zero-order valence-corrected chi connectivity index (χ0v) is 12.9. The molecule has 116 valence electrons. The molecule has 2 amide bonds. The van der Waals surface area contributed by atoms with E-state index in [2.05, 4.69) is 5.32 Å². The van der Waals surface area contributed by atoms with Gasteiger partial charge in [0.1, 0.15) is 11.8 Å². The van der Waals surface area contributed by atoms with Crippen molar-refractivity contribution in [1.82, 2.24) is 10.0 Å². The third-order valence-corrected chi connectivity index (χ3v) is 3.86. The van der Waals surface area contributed by atoms with Crippen LogP contribution in [0.4, 0.5) is 0 Å². The summed E-state index contributed by atoms with van der Waals surface area (Å²) in [6.07, 6.45) is 0. The van der Waals surface area contributed by atoms with Crippen LogP contribution in [0.2, 0.25) is 0 Å². The molecule has 1 atom stereocenters. The van der Waals surface area contributed by atoms with Crippen LogP contribution in [0.3, 0.4) is 0 Å². The number of amides is 2. The Hall–Kier alpha value is -2.09. The summed E-state index contributed by atoms with van der Waals surface area (Å²) in [7, 11) is -3.98. The topological polar surface area (TPSA) is 102 Å². The van der Waals surface area contributed by atoms with Crippen LogP contribution >= 0.6 is 0 Å². The van der Waals surface area contributed by atoms with Crippen molar-refractivity contribution >= 4 is 21.8 Å². The average molecular weight is 314 g/mol. The van der Waals surface area contributed by atoms with Crippen LogP contribution in [0.15, 0.2) is 29.2 Å². The van der Waals surface area contributed by atoms with Crippen molar-refractivity contribution in [2.75, 3.05) is 6.61 Å². The molecular weight excluding hydrogens is 296 g/mol. The van der Waals surface area contributed by atoms with Crippen molar-refractivity contribution in [1.29, 1.82) is 0 Å². The highest BCUT2D eigenvalue weighted by Crippen LogP contribution is 2.15. The predicted octanol–water partition coefficient (Wildman–Crippen LogP) is 0.415. The first kappa shape index (κ1) is 17.0. The first-order valence-electron chi connectivity index (χ1n) is 6.33. The van der Waals surface area contributed by atoms with Crippen LogP contribution in [0.5, 0.6) is 5.75 Å². The molecule has 0 saturated heterocycles. The summed E-state index contributed by atoms with van der Waals surface area (Å²) in [5.74, 6) is -0.690. The Labute approximate surface area is 123 Å². The molecule has 1 aromatic carbocycles. The Kier molecular flexibility index (Phi) is 5.71. The number of benzene rings is 1. The summed E-state index contributed by atoms with van der Waals surface area (Å²) >= 11 is 0. The Morgan fingerprint density at radius 1 is 1.24 bits per heavy atom. The first-order chi connectivity index (χ1) is 9.76. The van der Waals surface area contributed by atoms with Gasteiger partial charge in [-0.15, -0.1) is 0 Å². The van der Waals surface area contributed by atoms with E-state index in [1.807, 2.05) is 11.6 Å². The molecular formula is C13H18N2O5S. The number of hydrogen-bond donors (Lipinski definition) is 2. The quantitative estimate of drug-likeness (QED) is 0.792. The second kappa shape index (κ2) is 7.07. The highest BCUT2D eigenvalue weighted by atomic mass is 32.2. The van der Waals surface area contributed by atoms with E-state index in [4.69, 9.17) is 4.74 Å². The molecule has 2 N–H and O–H groups in total. The van der Waals surface area contributed by atoms with Crippen molar-refractivity contribution in [3.8, 4) is 5.75 Å². The van der Waals surface area contributed by atoms with Crippen molar-refractivity contribution in [2.24, 2.45) is 0 Å². The molecule has 0 unspecified atom stereocenters. The molecule has 0 aliphatic rings. The largest absolute Gasteiger partial charge is 0.494 e. The van der Waals surface area contributed by atoms with Gasteiger partial charge in [-0.2, -0.15) is 0 Å². The van der Waals surface area contributed by atoms with Crippen molar-refractivity contribution in [2.45, 2.75) is 31.7 Å². The number of carbonyl (C=O) groups is 2. The fraction of sp³-hybridized carbons (Fsp3) is 0.385. The van der Waals surface area contributed by atoms with Gasteiger partial charge in [-0.25, -0.2) is 13.1 Å². The van der Waals surface area contributed by atoms with Gasteiger partial charge < -0.3 is 10.1 Å². The normalized spacial score (nSPS) is 12.3. The van der Waals surface area contributed by atoms with Gasteiger partial charge >= 0.3 is 0 Å². The number of hydrogen-bond acceptors (Lipinski definition) is 5. The molecule has 1 aromatic rings.